The molecule has 1 aliphatic heterocycles. The number of nitrogens with zero attached hydrogens (tertiary/aromatic N) is 1. The van der Waals surface area contributed by atoms with Gasteiger partial charge in [0.1, 0.15) is 0 Å². The van der Waals surface area contributed by atoms with Crippen LogP contribution in [0.2, 0.25) is 0 Å². The topological polar surface area (TPSA) is 133 Å². The molecule has 2 heterocycles. The molecule has 8 heteroatoms. The van der Waals surface area contributed by atoms with Crippen LogP contribution in [0, 0.1) is 5.92 Å². The van der Waals surface area contributed by atoms with Crippen molar-refractivity contribution in [3.05, 3.63) is 58.0 Å². The van der Waals surface area contributed by atoms with Gasteiger partial charge in [0, 0.05) is 18.3 Å². The van der Waals surface area contributed by atoms with E-state index in [0.29, 0.717) is 24.7 Å². The quantitative estimate of drug-likeness (QED) is 0.486. The van der Waals surface area contributed by atoms with Crippen molar-refractivity contribution in [2.24, 2.45) is 5.92 Å². The molecule has 0 aliphatic carbocycles. The molecule has 1 aliphatic rings. The fraction of sp³-hybridized carbons (Fsp3) is 0.500. The second-order valence-electron chi connectivity index (χ2n) is 7.60. The standard InChI is InChI=1S/C17H22N4O2.C3H8O2/c1-11-7-13(10-23-9-12-5-3-2-4-6-12)20-15(11)14-8-19-17(18)21-16(14)22;1-3(2,4)5/h2-6,8,11,13,15,20H,7,9-10H2,1H3,(H3,18,19,21,22);4-5H,1-2H3. The van der Waals surface area contributed by atoms with Crippen molar-refractivity contribution in [1.29, 1.82) is 0 Å². The van der Waals surface area contributed by atoms with Gasteiger partial charge in [-0.2, -0.15) is 0 Å². The van der Waals surface area contributed by atoms with Crippen LogP contribution in [0.1, 0.15) is 44.4 Å². The molecule has 0 spiro atoms. The minimum atomic E-state index is -1.50. The first kappa shape index (κ1) is 22.0. The molecular weight excluding hydrogens is 360 g/mol. The van der Waals surface area contributed by atoms with Crippen molar-refractivity contribution in [2.75, 3.05) is 12.3 Å². The maximum Gasteiger partial charge on any atom is 0.257 e. The van der Waals surface area contributed by atoms with Crippen LogP contribution in [-0.2, 0) is 11.3 Å². The number of aromatic amines is 1. The molecule has 8 nitrogen and oxygen atoms in total. The largest absolute Gasteiger partial charge is 0.375 e. The molecule has 154 valence electrons. The number of ether oxygens (including phenoxy) is 1. The van der Waals surface area contributed by atoms with Gasteiger partial charge in [-0.1, -0.05) is 37.3 Å². The Balaban J connectivity index is 0.000000500. The summed E-state index contributed by atoms with van der Waals surface area (Å²) in [6.07, 6.45) is 2.53. The van der Waals surface area contributed by atoms with E-state index in [2.05, 4.69) is 22.2 Å². The van der Waals surface area contributed by atoms with Gasteiger partial charge in [-0.25, -0.2) is 4.98 Å². The number of aliphatic hydroxyl groups is 2. The Morgan fingerprint density at radius 2 is 1.93 bits per heavy atom. The Kier molecular flexibility index (Phi) is 7.70. The van der Waals surface area contributed by atoms with Crippen molar-refractivity contribution < 1.29 is 14.9 Å². The van der Waals surface area contributed by atoms with Crippen molar-refractivity contribution in [3.63, 3.8) is 0 Å². The van der Waals surface area contributed by atoms with Crippen LogP contribution in [0.4, 0.5) is 5.95 Å². The first-order valence-electron chi connectivity index (χ1n) is 9.30. The van der Waals surface area contributed by atoms with Crippen molar-refractivity contribution >= 4 is 5.95 Å². The summed E-state index contributed by atoms with van der Waals surface area (Å²) in [5, 5.41) is 19.6. The van der Waals surface area contributed by atoms with Crippen molar-refractivity contribution in [3.8, 4) is 0 Å². The van der Waals surface area contributed by atoms with E-state index in [4.69, 9.17) is 20.7 Å². The van der Waals surface area contributed by atoms with E-state index in [9.17, 15) is 4.79 Å². The van der Waals surface area contributed by atoms with Gasteiger partial charge in [0.2, 0.25) is 0 Å². The second kappa shape index (κ2) is 9.79. The summed E-state index contributed by atoms with van der Waals surface area (Å²) in [5.74, 6) is -1.01. The molecule has 6 N–H and O–H groups in total. The Morgan fingerprint density at radius 1 is 1.29 bits per heavy atom. The van der Waals surface area contributed by atoms with Gasteiger partial charge in [-0.3, -0.25) is 9.78 Å². The van der Waals surface area contributed by atoms with Gasteiger partial charge in [0.25, 0.3) is 5.56 Å². The van der Waals surface area contributed by atoms with Crippen LogP contribution < -0.4 is 16.6 Å². The summed E-state index contributed by atoms with van der Waals surface area (Å²) < 4.78 is 5.80. The third kappa shape index (κ3) is 7.40. The molecule has 0 bridgehead atoms. The highest BCUT2D eigenvalue weighted by atomic mass is 16.5. The van der Waals surface area contributed by atoms with Crippen LogP contribution in [0.5, 0.6) is 0 Å². The summed E-state index contributed by atoms with van der Waals surface area (Å²) in [6, 6.07) is 10.3. The molecule has 0 radical (unpaired) electrons. The molecule has 1 fully saturated rings. The lowest BCUT2D eigenvalue weighted by Crippen LogP contribution is -2.32. The number of rotatable bonds is 5. The molecule has 3 unspecified atom stereocenters. The molecule has 1 aromatic heterocycles. The average molecular weight is 390 g/mol. The monoisotopic (exact) mass is 390 g/mol. The number of hydrogen-bond acceptors (Lipinski definition) is 7. The highest BCUT2D eigenvalue weighted by Gasteiger charge is 2.33. The number of aromatic nitrogens is 2. The number of anilines is 1. The zero-order chi connectivity index (χ0) is 20.7. The lowest BCUT2D eigenvalue weighted by molar-refractivity contribution is -0.127. The summed E-state index contributed by atoms with van der Waals surface area (Å²) >= 11 is 0. The molecular formula is C20H30N4O4. The van der Waals surface area contributed by atoms with Crippen molar-refractivity contribution in [1.82, 2.24) is 15.3 Å². The van der Waals surface area contributed by atoms with Crippen LogP contribution in [0.15, 0.2) is 41.3 Å². The molecule has 28 heavy (non-hydrogen) atoms. The number of benzene rings is 1. The van der Waals surface area contributed by atoms with E-state index in [1.807, 2.05) is 30.3 Å². The van der Waals surface area contributed by atoms with Crippen LogP contribution in [0.3, 0.4) is 0 Å². The molecule has 3 rings (SSSR count). The minimum absolute atomic E-state index is 0.0165. The first-order valence-corrected chi connectivity index (χ1v) is 9.30. The summed E-state index contributed by atoms with van der Waals surface area (Å²) in [4.78, 5) is 18.6. The van der Waals surface area contributed by atoms with Gasteiger partial charge in [-0.15, -0.1) is 0 Å². The third-order valence-electron chi connectivity index (χ3n) is 4.25. The highest BCUT2D eigenvalue weighted by Crippen LogP contribution is 2.30. The fourth-order valence-electron chi connectivity index (χ4n) is 3.12. The second-order valence-corrected chi connectivity index (χ2v) is 7.60. The van der Waals surface area contributed by atoms with Crippen molar-refractivity contribution in [2.45, 2.75) is 51.7 Å². The number of nitrogen functional groups attached to an aromatic ring is 1. The molecule has 3 atom stereocenters. The van der Waals surface area contributed by atoms with Gasteiger partial charge in [-0.05, 0) is 31.7 Å². The highest BCUT2D eigenvalue weighted by molar-refractivity contribution is 5.21. The third-order valence-corrected chi connectivity index (χ3v) is 4.25. The normalized spacial score (nSPS) is 21.8. The molecule has 1 aromatic carbocycles. The van der Waals surface area contributed by atoms with Gasteiger partial charge < -0.3 is 26.0 Å². The molecule has 1 saturated heterocycles. The number of nitrogens with one attached hydrogen (secondary N) is 2. The molecule has 2 aromatic rings. The van der Waals surface area contributed by atoms with Gasteiger partial charge >= 0.3 is 0 Å². The predicted molar refractivity (Wildman–Crippen MR) is 107 cm³/mol. The molecule has 0 saturated carbocycles. The van der Waals surface area contributed by atoms with E-state index >= 15 is 0 Å². The SMILES string of the molecule is CC(C)(O)O.CC1CC(COCc2ccccc2)NC1c1cnc(N)[nH]c1=O. The Morgan fingerprint density at radius 3 is 2.54 bits per heavy atom. The lowest BCUT2D eigenvalue weighted by Gasteiger charge is -2.16. The van der Waals surface area contributed by atoms with Crippen LogP contribution in [0.25, 0.3) is 0 Å². The summed E-state index contributed by atoms with van der Waals surface area (Å²) in [6.45, 7) is 5.95. The van der Waals surface area contributed by atoms with Crippen LogP contribution in [-0.4, -0.2) is 38.6 Å². The number of hydrogen-bond donors (Lipinski definition) is 5. The zero-order valence-electron chi connectivity index (χ0n) is 16.6. The Bertz CT molecular complexity index is 783. The lowest BCUT2D eigenvalue weighted by atomic mass is 9.97. The fourth-order valence-corrected chi connectivity index (χ4v) is 3.12. The zero-order valence-corrected chi connectivity index (χ0v) is 16.6. The predicted octanol–water partition coefficient (Wildman–Crippen LogP) is 1.32. The Hall–Kier alpha value is -2.26. The summed E-state index contributed by atoms with van der Waals surface area (Å²) in [7, 11) is 0. The van der Waals surface area contributed by atoms with E-state index < -0.39 is 5.79 Å². The first-order chi connectivity index (χ1) is 13.1. The van der Waals surface area contributed by atoms with Gasteiger partial charge in [0.15, 0.2) is 11.7 Å². The van der Waals surface area contributed by atoms with Gasteiger partial charge in [0.05, 0.1) is 18.8 Å². The van der Waals surface area contributed by atoms with E-state index in [1.165, 1.54) is 13.8 Å². The number of nitrogens with two attached hydrogens (primary N) is 1. The Labute approximate surface area is 164 Å². The maximum absolute atomic E-state index is 12.0. The molecule has 0 amide bonds. The van der Waals surface area contributed by atoms with E-state index in [0.717, 1.165) is 12.0 Å². The smallest absolute Gasteiger partial charge is 0.257 e. The van der Waals surface area contributed by atoms with E-state index in [1.54, 1.807) is 6.20 Å². The number of H-pyrrole nitrogens is 1. The van der Waals surface area contributed by atoms with E-state index in [-0.39, 0.29) is 23.6 Å². The summed E-state index contributed by atoms with van der Waals surface area (Å²) in [5.41, 5.74) is 7.13. The van der Waals surface area contributed by atoms with Crippen LogP contribution >= 0.6 is 0 Å². The minimum Gasteiger partial charge on any atom is -0.375 e. The maximum atomic E-state index is 12.0. The average Bonchev–Trinajstić information content (AvgIpc) is 2.95.